The van der Waals surface area contributed by atoms with Crippen LogP contribution in [0, 0.1) is 0 Å². The van der Waals surface area contributed by atoms with Gasteiger partial charge in [-0.15, -0.1) is 0 Å². The van der Waals surface area contributed by atoms with E-state index in [-0.39, 0.29) is 17.1 Å². The maximum absolute atomic E-state index is 13.7. The fourth-order valence-corrected chi connectivity index (χ4v) is 4.95. The zero-order valence-corrected chi connectivity index (χ0v) is 24.2. The second-order valence-electron chi connectivity index (χ2n) is 9.98. The molecule has 1 aromatic heterocycles. The van der Waals surface area contributed by atoms with Crippen molar-refractivity contribution >= 4 is 28.8 Å². The maximum atomic E-state index is 13.7. The molecule has 6 heteroatoms. The number of carbonyl (C=O) groups is 2. The Kier molecular flexibility index (Phi) is 8.06. The van der Waals surface area contributed by atoms with Crippen LogP contribution < -0.4 is 14.2 Å². The van der Waals surface area contributed by atoms with Crippen LogP contribution in [0.5, 0.6) is 17.2 Å². The average molecular weight is 581 g/mol. The normalized spacial score (nSPS) is 11.0. The Labute approximate surface area is 254 Å². The van der Waals surface area contributed by atoms with Crippen LogP contribution in [0.3, 0.4) is 0 Å². The van der Waals surface area contributed by atoms with Crippen molar-refractivity contribution in [3.05, 3.63) is 144 Å². The third-order valence-electron chi connectivity index (χ3n) is 7.23. The zero-order valence-electron chi connectivity index (χ0n) is 24.2. The number of ketones is 1. The van der Waals surface area contributed by atoms with E-state index in [4.69, 9.17) is 18.6 Å². The summed E-state index contributed by atoms with van der Waals surface area (Å²) in [4.78, 5) is 26.5. The van der Waals surface area contributed by atoms with Crippen molar-refractivity contribution in [3.63, 3.8) is 0 Å². The van der Waals surface area contributed by atoms with E-state index in [0.717, 1.165) is 16.7 Å². The molecule has 0 aliphatic heterocycles. The van der Waals surface area contributed by atoms with E-state index in [0.29, 0.717) is 39.4 Å². The van der Waals surface area contributed by atoms with Gasteiger partial charge in [0, 0.05) is 16.5 Å². The van der Waals surface area contributed by atoms with Crippen molar-refractivity contribution in [2.24, 2.45) is 0 Å². The van der Waals surface area contributed by atoms with Crippen LogP contribution in [-0.4, -0.2) is 26.0 Å². The van der Waals surface area contributed by atoms with Gasteiger partial charge in [-0.3, -0.25) is 4.79 Å². The van der Waals surface area contributed by atoms with E-state index in [9.17, 15) is 9.59 Å². The standard InChI is InChI=1S/C38H28O6/c1-41-30-19-22-33-31(24-30)36(37(43-33)29-11-7-4-8-12-29)38(40)44-34-21-14-25(23-35(34)42-2)13-20-32(39)28-17-15-27(16-18-28)26-9-5-3-6-10-26/h3-24H,1-2H3. The molecule has 6 rings (SSSR count). The lowest BCUT2D eigenvalue weighted by molar-refractivity contribution is 0.0731. The van der Waals surface area contributed by atoms with E-state index >= 15 is 0 Å². The molecule has 0 fully saturated rings. The molecule has 0 N–H and O–H groups in total. The van der Waals surface area contributed by atoms with Gasteiger partial charge < -0.3 is 18.6 Å². The molecule has 0 saturated carbocycles. The Bertz CT molecular complexity index is 1970. The molecule has 0 aliphatic rings. The second-order valence-corrected chi connectivity index (χ2v) is 9.98. The molecule has 0 bridgehead atoms. The summed E-state index contributed by atoms with van der Waals surface area (Å²) < 4.78 is 22.9. The number of allylic oxidation sites excluding steroid dienone is 1. The number of methoxy groups -OCH3 is 2. The number of furan rings is 1. The van der Waals surface area contributed by atoms with Gasteiger partial charge in [0.05, 0.1) is 14.2 Å². The number of rotatable bonds is 9. The molecule has 6 aromatic rings. The largest absolute Gasteiger partial charge is 0.497 e. The molecule has 0 atom stereocenters. The molecule has 0 unspecified atom stereocenters. The summed E-state index contributed by atoms with van der Waals surface area (Å²) in [6.07, 6.45) is 3.21. The average Bonchev–Trinajstić information content (AvgIpc) is 3.47. The fraction of sp³-hybridized carbons (Fsp3) is 0.0526. The summed E-state index contributed by atoms with van der Waals surface area (Å²) in [5.41, 5.74) is 4.97. The first-order chi connectivity index (χ1) is 21.5. The van der Waals surface area contributed by atoms with Crippen molar-refractivity contribution in [1.82, 2.24) is 0 Å². The van der Waals surface area contributed by atoms with Crippen molar-refractivity contribution in [1.29, 1.82) is 0 Å². The number of esters is 1. The van der Waals surface area contributed by atoms with Gasteiger partial charge in [0.15, 0.2) is 17.3 Å². The number of carbonyl (C=O) groups excluding carboxylic acids is 2. The summed E-state index contributed by atoms with van der Waals surface area (Å²) >= 11 is 0. The smallest absolute Gasteiger partial charge is 0.348 e. The molecule has 0 aliphatic carbocycles. The quantitative estimate of drug-likeness (QED) is 0.0736. The molecule has 1 heterocycles. The van der Waals surface area contributed by atoms with Gasteiger partial charge >= 0.3 is 5.97 Å². The van der Waals surface area contributed by atoms with Crippen molar-refractivity contribution < 1.29 is 28.2 Å². The Hall–Kier alpha value is -5.88. The van der Waals surface area contributed by atoms with Gasteiger partial charge in [-0.2, -0.15) is 0 Å². The lowest BCUT2D eigenvalue weighted by Gasteiger charge is -2.10. The van der Waals surface area contributed by atoms with Crippen LogP contribution in [0.4, 0.5) is 0 Å². The highest BCUT2D eigenvalue weighted by atomic mass is 16.6. The lowest BCUT2D eigenvalue weighted by Crippen LogP contribution is -2.10. The van der Waals surface area contributed by atoms with Crippen LogP contribution in [0.1, 0.15) is 26.3 Å². The Balaban J connectivity index is 1.23. The van der Waals surface area contributed by atoms with Gasteiger partial charge in [0.2, 0.25) is 0 Å². The molecule has 5 aromatic carbocycles. The fourth-order valence-electron chi connectivity index (χ4n) is 4.95. The monoisotopic (exact) mass is 580 g/mol. The second kappa shape index (κ2) is 12.5. The summed E-state index contributed by atoms with van der Waals surface area (Å²) in [6, 6.07) is 37.3. The number of hydrogen-bond acceptors (Lipinski definition) is 6. The molecule has 0 amide bonds. The van der Waals surface area contributed by atoms with Crippen molar-refractivity contribution in [2.45, 2.75) is 0 Å². The molecule has 216 valence electrons. The Morgan fingerprint density at radius 2 is 1.34 bits per heavy atom. The van der Waals surface area contributed by atoms with E-state index in [1.165, 1.54) is 13.2 Å². The summed E-state index contributed by atoms with van der Waals surface area (Å²) in [5, 5.41) is 0.571. The lowest BCUT2D eigenvalue weighted by atomic mass is 10.0. The SMILES string of the molecule is COc1ccc2oc(-c3ccccc3)c(C(=O)Oc3ccc(C=CC(=O)c4ccc(-c5ccccc5)cc4)cc3OC)c2c1. The van der Waals surface area contributed by atoms with Crippen molar-refractivity contribution in [2.75, 3.05) is 14.2 Å². The molecule has 6 nitrogen and oxygen atoms in total. The maximum Gasteiger partial charge on any atom is 0.348 e. The Morgan fingerprint density at radius 1 is 0.659 bits per heavy atom. The highest BCUT2D eigenvalue weighted by Gasteiger charge is 2.25. The van der Waals surface area contributed by atoms with Gasteiger partial charge in [0.25, 0.3) is 0 Å². The first kappa shape index (κ1) is 28.2. The molecule has 0 radical (unpaired) electrons. The molecule has 0 spiro atoms. The molecule has 44 heavy (non-hydrogen) atoms. The van der Waals surface area contributed by atoms with Gasteiger partial charge in [0.1, 0.15) is 22.7 Å². The minimum atomic E-state index is -0.605. The number of ether oxygens (including phenoxy) is 3. The summed E-state index contributed by atoms with van der Waals surface area (Å²) in [6.45, 7) is 0. The molecular weight excluding hydrogens is 552 g/mol. The molecule has 0 saturated heterocycles. The van der Waals surface area contributed by atoms with Crippen LogP contribution >= 0.6 is 0 Å². The van der Waals surface area contributed by atoms with Crippen LogP contribution in [0.25, 0.3) is 39.5 Å². The van der Waals surface area contributed by atoms with Gasteiger partial charge in [-0.25, -0.2) is 4.79 Å². The predicted molar refractivity (Wildman–Crippen MR) is 171 cm³/mol. The minimum Gasteiger partial charge on any atom is -0.497 e. The van der Waals surface area contributed by atoms with Crippen LogP contribution in [0.2, 0.25) is 0 Å². The van der Waals surface area contributed by atoms with Gasteiger partial charge in [-0.1, -0.05) is 97.1 Å². The highest BCUT2D eigenvalue weighted by molar-refractivity contribution is 6.10. The third kappa shape index (κ3) is 5.87. The third-order valence-corrected chi connectivity index (χ3v) is 7.23. The van der Waals surface area contributed by atoms with Crippen LogP contribution in [0.15, 0.2) is 132 Å². The summed E-state index contributed by atoms with van der Waals surface area (Å²) in [5.74, 6) is 0.817. The van der Waals surface area contributed by atoms with E-state index < -0.39 is 5.97 Å². The van der Waals surface area contributed by atoms with Crippen LogP contribution in [-0.2, 0) is 0 Å². The zero-order chi connectivity index (χ0) is 30.5. The number of hydrogen-bond donors (Lipinski definition) is 0. The number of benzene rings is 5. The van der Waals surface area contributed by atoms with E-state index in [1.54, 1.807) is 49.6 Å². The minimum absolute atomic E-state index is 0.130. The first-order valence-corrected chi connectivity index (χ1v) is 14.0. The Morgan fingerprint density at radius 3 is 2.02 bits per heavy atom. The summed E-state index contributed by atoms with van der Waals surface area (Å²) in [7, 11) is 3.06. The van der Waals surface area contributed by atoms with Crippen molar-refractivity contribution in [3.8, 4) is 39.7 Å². The molecular formula is C38H28O6. The topological polar surface area (TPSA) is 75.0 Å². The predicted octanol–water partition coefficient (Wildman–Crippen LogP) is 8.90. The van der Waals surface area contributed by atoms with E-state index in [2.05, 4.69) is 0 Å². The first-order valence-electron chi connectivity index (χ1n) is 14.0. The number of fused-ring (bicyclic) bond motifs is 1. The van der Waals surface area contributed by atoms with E-state index in [1.807, 2.05) is 84.9 Å². The highest BCUT2D eigenvalue weighted by Crippen LogP contribution is 2.37. The van der Waals surface area contributed by atoms with Gasteiger partial charge in [-0.05, 0) is 53.1 Å².